The van der Waals surface area contributed by atoms with Gasteiger partial charge in [-0.2, -0.15) is 0 Å². The first-order chi connectivity index (χ1) is 16.5. The lowest BCUT2D eigenvalue weighted by Gasteiger charge is -2.37. The van der Waals surface area contributed by atoms with Gasteiger partial charge in [0.15, 0.2) is 0 Å². The Morgan fingerprint density at radius 3 is 2.46 bits per heavy atom. The van der Waals surface area contributed by atoms with Gasteiger partial charge in [-0.3, -0.25) is 9.29 Å². The number of alkyl halides is 1. The minimum Gasteiger partial charge on any atom is -0.508 e. The smallest absolute Gasteiger partial charge is 0.150 e. The zero-order chi connectivity index (χ0) is 23.7. The topological polar surface area (TPSA) is 62.2 Å². The minimum absolute atomic E-state index is 0. The van der Waals surface area contributed by atoms with Crippen LogP contribution < -0.4 is 9.47 Å². The lowest BCUT2D eigenvalue weighted by Crippen LogP contribution is -2.49. The SMILES string of the molecule is Br.CC1=C(c2cccc(O)c2)[C@H](c2ccc(OCCN3CC(CF)C3)cc2)Oc2ccc(O)cc21. The molecule has 3 aromatic carbocycles. The summed E-state index contributed by atoms with van der Waals surface area (Å²) in [5.41, 5.74) is 4.56. The molecule has 184 valence electrons. The fourth-order valence-corrected chi connectivity index (χ4v) is 4.71. The van der Waals surface area contributed by atoms with Gasteiger partial charge < -0.3 is 19.7 Å². The van der Waals surface area contributed by atoms with E-state index in [0.717, 1.165) is 53.2 Å². The number of ether oxygens (including phenoxy) is 2. The molecule has 2 aliphatic heterocycles. The first kappa shape index (κ1) is 25.1. The first-order valence-corrected chi connectivity index (χ1v) is 11.5. The Balaban J connectivity index is 0.00000289. The molecule has 3 aromatic rings. The summed E-state index contributed by atoms with van der Waals surface area (Å²) in [6.45, 7) is 4.72. The van der Waals surface area contributed by atoms with Crippen LogP contribution in [0.15, 0.2) is 66.7 Å². The number of hydrogen-bond donors (Lipinski definition) is 2. The summed E-state index contributed by atoms with van der Waals surface area (Å²) in [7, 11) is 0. The van der Waals surface area contributed by atoms with Crippen molar-refractivity contribution in [2.45, 2.75) is 13.0 Å². The van der Waals surface area contributed by atoms with Crippen molar-refractivity contribution < 1.29 is 24.1 Å². The number of phenols is 2. The first-order valence-electron chi connectivity index (χ1n) is 11.5. The number of likely N-dealkylation sites (tertiary alicyclic amines) is 1. The Labute approximate surface area is 215 Å². The van der Waals surface area contributed by atoms with Crippen LogP contribution in [0.2, 0.25) is 0 Å². The van der Waals surface area contributed by atoms with Crippen LogP contribution in [-0.2, 0) is 0 Å². The van der Waals surface area contributed by atoms with E-state index in [2.05, 4.69) is 4.90 Å². The van der Waals surface area contributed by atoms with Crippen LogP contribution in [0.5, 0.6) is 23.0 Å². The van der Waals surface area contributed by atoms with E-state index in [-0.39, 0.29) is 47.2 Å². The quantitative estimate of drug-likeness (QED) is 0.383. The van der Waals surface area contributed by atoms with E-state index < -0.39 is 0 Å². The van der Waals surface area contributed by atoms with E-state index >= 15 is 0 Å². The molecule has 7 heteroatoms. The van der Waals surface area contributed by atoms with E-state index in [0.29, 0.717) is 12.4 Å². The molecule has 1 saturated heterocycles. The van der Waals surface area contributed by atoms with Gasteiger partial charge in [-0.1, -0.05) is 24.3 Å². The summed E-state index contributed by atoms with van der Waals surface area (Å²) in [6.07, 6.45) is -0.383. The maximum absolute atomic E-state index is 12.6. The third kappa shape index (κ3) is 5.31. The summed E-state index contributed by atoms with van der Waals surface area (Å²) in [5, 5.41) is 20.1. The second-order valence-corrected chi connectivity index (χ2v) is 8.96. The summed E-state index contributed by atoms with van der Waals surface area (Å²) >= 11 is 0. The lowest BCUT2D eigenvalue weighted by atomic mass is 9.86. The molecule has 0 spiro atoms. The molecule has 0 aliphatic carbocycles. The third-order valence-electron chi connectivity index (χ3n) is 6.55. The molecule has 35 heavy (non-hydrogen) atoms. The summed E-state index contributed by atoms with van der Waals surface area (Å²) in [6, 6.07) is 20.1. The molecule has 5 rings (SSSR count). The Bertz CT molecular complexity index is 1210. The predicted octanol–water partition coefficient (Wildman–Crippen LogP) is 6.02. The van der Waals surface area contributed by atoms with Crippen molar-refractivity contribution in [1.82, 2.24) is 4.90 Å². The molecule has 0 unspecified atom stereocenters. The Hall–Kier alpha value is -3.03. The average Bonchev–Trinajstić information content (AvgIpc) is 2.81. The molecule has 0 radical (unpaired) electrons. The van der Waals surface area contributed by atoms with Crippen molar-refractivity contribution in [1.29, 1.82) is 0 Å². The molecule has 5 nitrogen and oxygen atoms in total. The number of benzene rings is 3. The number of rotatable bonds is 7. The highest BCUT2D eigenvalue weighted by Gasteiger charge is 2.30. The van der Waals surface area contributed by atoms with Gasteiger partial charge in [0.05, 0.1) is 6.67 Å². The van der Waals surface area contributed by atoms with Crippen molar-refractivity contribution in [2.24, 2.45) is 5.92 Å². The van der Waals surface area contributed by atoms with Gasteiger partial charge in [0.1, 0.15) is 35.7 Å². The average molecular weight is 542 g/mol. The molecule has 0 saturated carbocycles. The predicted molar refractivity (Wildman–Crippen MR) is 140 cm³/mol. The third-order valence-corrected chi connectivity index (χ3v) is 6.55. The lowest BCUT2D eigenvalue weighted by molar-refractivity contribution is 0.0668. The van der Waals surface area contributed by atoms with Gasteiger partial charge >= 0.3 is 0 Å². The number of nitrogens with zero attached hydrogens (tertiary/aromatic N) is 1. The number of aromatic hydroxyl groups is 2. The van der Waals surface area contributed by atoms with Crippen molar-refractivity contribution in [3.05, 3.63) is 83.4 Å². The van der Waals surface area contributed by atoms with Crippen LogP contribution in [-0.4, -0.2) is 48.0 Å². The fraction of sp³-hybridized carbons (Fsp3) is 0.286. The van der Waals surface area contributed by atoms with Gasteiger partial charge in [0.25, 0.3) is 0 Å². The van der Waals surface area contributed by atoms with E-state index in [1.165, 1.54) is 0 Å². The van der Waals surface area contributed by atoms with Crippen LogP contribution in [0.1, 0.15) is 29.7 Å². The van der Waals surface area contributed by atoms with E-state index in [4.69, 9.17) is 9.47 Å². The number of allylic oxidation sites excluding steroid dienone is 1. The normalized spacial score (nSPS) is 17.7. The Morgan fingerprint density at radius 2 is 1.74 bits per heavy atom. The molecule has 0 amide bonds. The summed E-state index contributed by atoms with van der Waals surface area (Å²) in [5.74, 6) is 2.01. The van der Waals surface area contributed by atoms with Crippen molar-refractivity contribution >= 4 is 28.1 Å². The van der Waals surface area contributed by atoms with Crippen LogP contribution in [0, 0.1) is 5.92 Å². The highest BCUT2D eigenvalue weighted by molar-refractivity contribution is 8.93. The molecule has 2 heterocycles. The van der Waals surface area contributed by atoms with Gasteiger partial charge in [0.2, 0.25) is 0 Å². The van der Waals surface area contributed by atoms with Gasteiger partial charge in [0, 0.05) is 36.7 Å². The van der Waals surface area contributed by atoms with Gasteiger partial charge in [-0.15, -0.1) is 17.0 Å². The van der Waals surface area contributed by atoms with E-state index in [1.807, 2.05) is 43.3 Å². The highest BCUT2D eigenvalue weighted by atomic mass is 79.9. The number of phenolic OH excluding ortho intramolecular Hbond substituents is 2. The minimum atomic E-state index is -0.383. The van der Waals surface area contributed by atoms with Crippen LogP contribution in [0.3, 0.4) is 0 Å². The van der Waals surface area contributed by atoms with Crippen molar-refractivity contribution in [2.75, 3.05) is 32.9 Å². The summed E-state index contributed by atoms with van der Waals surface area (Å²) < 4.78 is 24.9. The monoisotopic (exact) mass is 541 g/mol. The van der Waals surface area contributed by atoms with Crippen molar-refractivity contribution in [3.8, 4) is 23.0 Å². The van der Waals surface area contributed by atoms with E-state index in [9.17, 15) is 14.6 Å². The molecule has 2 aliphatic rings. The van der Waals surface area contributed by atoms with Gasteiger partial charge in [-0.25, -0.2) is 0 Å². The molecule has 1 atom stereocenters. The molecule has 2 N–H and O–H groups in total. The Morgan fingerprint density at radius 1 is 1.00 bits per heavy atom. The fourth-order valence-electron chi connectivity index (χ4n) is 4.71. The van der Waals surface area contributed by atoms with Crippen molar-refractivity contribution in [3.63, 3.8) is 0 Å². The highest BCUT2D eigenvalue weighted by Crippen LogP contribution is 2.47. The largest absolute Gasteiger partial charge is 0.508 e. The number of hydrogen-bond acceptors (Lipinski definition) is 5. The van der Waals surface area contributed by atoms with E-state index in [1.54, 1.807) is 30.3 Å². The molecular weight excluding hydrogens is 513 g/mol. The van der Waals surface area contributed by atoms with Crippen LogP contribution in [0.4, 0.5) is 4.39 Å². The maximum Gasteiger partial charge on any atom is 0.150 e. The molecular formula is C28H29BrFNO4. The zero-order valence-corrected chi connectivity index (χ0v) is 21.2. The standard InChI is InChI=1S/C28H28FNO4.BrH/c1-18-25-14-23(32)7-10-26(25)34-28(27(18)21-3-2-4-22(31)13-21)20-5-8-24(9-6-20)33-12-11-30-16-19(15-29)17-30;/h2-10,13-14,19,28,31-32H,11-12,15-17H2,1H3;1H/t28-;/m0./s1. The molecule has 0 aromatic heterocycles. The summed E-state index contributed by atoms with van der Waals surface area (Å²) in [4.78, 5) is 2.19. The van der Waals surface area contributed by atoms with Crippen LogP contribution in [0.25, 0.3) is 11.1 Å². The Kier molecular flexibility index (Phi) is 7.67. The maximum atomic E-state index is 12.6. The molecule has 0 bridgehead atoms. The van der Waals surface area contributed by atoms with Crippen LogP contribution >= 0.6 is 17.0 Å². The number of fused-ring (bicyclic) bond motifs is 1. The number of halogens is 2. The van der Waals surface area contributed by atoms with Gasteiger partial charge in [-0.05, 0) is 66.1 Å². The molecule has 1 fully saturated rings. The second-order valence-electron chi connectivity index (χ2n) is 8.96. The second kappa shape index (κ2) is 10.7. The zero-order valence-electron chi connectivity index (χ0n) is 19.5.